The number of benzene rings is 1. The van der Waals surface area contributed by atoms with Crippen LogP contribution in [0, 0.1) is 6.08 Å². The minimum absolute atomic E-state index is 0.394. The van der Waals surface area contributed by atoms with Gasteiger partial charge in [-0.3, -0.25) is 0 Å². The topological polar surface area (TPSA) is 18.5 Å². The molecule has 0 unspecified atom stereocenters. The number of ether oxygens (including phenoxy) is 2. The van der Waals surface area contributed by atoms with E-state index in [4.69, 9.17) is 0 Å². The molecule has 1 radical (unpaired) electrons. The van der Waals surface area contributed by atoms with Gasteiger partial charge in [0.25, 0.3) is 0 Å². The number of halogens is 6. The third kappa shape index (κ3) is 4.19. The van der Waals surface area contributed by atoms with Gasteiger partial charge in [-0.25, -0.2) is 0 Å². The molecule has 0 saturated heterocycles. The molecule has 0 bridgehead atoms. The zero-order valence-corrected chi connectivity index (χ0v) is 8.52. The summed E-state index contributed by atoms with van der Waals surface area (Å²) in [6.07, 6.45) is -8.27. The van der Waals surface area contributed by atoms with Crippen LogP contribution in [0.5, 0.6) is 11.5 Å². The Morgan fingerprint density at radius 2 is 1.50 bits per heavy atom. The first-order valence-corrected chi connectivity index (χ1v) is 4.30. The minimum Gasteiger partial charge on any atom is -0.402 e. The van der Waals surface area contributed by atoms with Crippen molar-refractivity contribution in [1.82, 2.24) is 0 Å². The number of hydrogen-bond acceptors (Lipinski definition) is 2. The van der Waals surface area contributed by atoms with E-state index in [2.05, 4.69) is 16.1 Å². The highest BCUT2D eigenvalue weighted by molar-refractivity contribution is 5.49. The number of rotatable bonds is 3. The minimum atomic E-state index is -5.16. The summed E-state index contributed by atoms with van der Waals surface area (Å²) in [4.78, 5) is 0. The lowest BCUT2D eigenvalue weighted by atomic mass is 10.2. The Labute approximate surface area is 97.4 Å². The molecule has 0 amide bonds. The van der Waals surface area contributed by atoms with E-state index >= 15 is 0 Å². The maximum atomic E-state index is 12.1. The molecule has 0 heterocycles. The van der Waals surface area contributed by atoms with Crippen LogP contribution in [0.4, 0.5) is 26.3 Å². The third-order valence-corrected chi connectivity index (χ3v) is 1.61. The lowest BCUT2D eigenvalue weighted by molar-refractivity contribution is -0.287. The van der Waals surface area contributed by atoms with Gasteiger partial charge in [-0.15, -0.1) is 26.3 Å². The molecule has 8 heteroatoms. The molecule has 0 aromatic heterocycles. The Kier molecular flexibility index (Phi) is 3.78. The van der Waals surface area contributed by atoms with E-state index in [-0.39, 0.29) is 0 Å². The summed E-state index contributed by atoms with van der Waals surface area (Å²) in [7, 11) is 0. The fourth-order valence-corrected chi connectivity index (χ4v) is 1.08. The summed E-state index contributed by atoms with van der Waals surface area (Å²) in [6.45, 7) is 3.05. The fourth-order valence-electron chi connectivity index (χ4n) is 1.08. The number of alkyl halides is 6. The van der Waals surface area contributed by atoms with Gasteiger partial charge in [0, 0.05) is 5.56 Å². The summed E-state index contributed by atoms with van der Waals surface area (Å²) >= 11 is 0. The van der Waals surface area contributed by atoms with E-state index in [1.54, 1.807) is 0 Å². The molecule has 0 aliphatic heterocycles. The maximum absolute atomic E-state index is 12.1. The lowest BCUT2D eigenvalue weighted by Crippen LogP contribution is -2.21. The van der Waals surface area contributed by atoms with Gasteiger partial charge in [-0.1, -0.05) is 18.7 Å². The lowest BCUT2D eigenvalue weighted by Gasteiger charge is -2.16. The first-order valence-electron chi connectivity index (χ1n) is 4.30. The Hall–Kier alpha value is -1.86. The summed E-state index contributed by atoms with van der Waals surface area (Å²) in [5, 5.41) is 0. The normalized spacial score (nSPS) is 12.1. The van der Waals surface area contributed by atoms with E-state index in [1.807, 2.05) is 6.08 Å². The zero-order valence-electron chi connectivity index (χ0n) is 8.52. The Balaban J connectivity index is 3.20. The second-order valence-corrected chi connectivity index (χ2v) is 2.91. The highest BCUT2D eigenvalue weighted by Crippen LogP contribution is 2.38. The van der Waals surface area contributed by atoms with E-state index < -0.39 is 29.8 Å². The molecule has 0 saturated carbocycles. The molecule has 0 atom stereocenters. The van der Waals surface area contributed by atoms with Gasteiger partial charge in [-0.05, 0) is 12.1 Å². The molecule has 1 aromatic rings. The first kappa shape index (κ1) is 14.2. The first-order chi connectivity index (χ1) is 8.12. The second kappa shape index (κ2) is 4.79. The molecule has 0 N–H and O–H groups in total. The highest BCUT2D eigenvalue weighted by Gasteiger charge is 2.37. The molecule has 2 nitrogen and oxygen atoms in total. The molecule has 0 spiro atoms. The van der Waals surface area contributed by atoms with Gasteiger partial charge < -0.3 is 9.47 Å². The monoisotopic (exact) mass is 271 g/mol. The van der Waals surface area contributed by atoms with E-state index in [1.165, 1.54) is 0 Å². The van der Waals surface area contributed by atoms with Crippen molar-refractivity contribution >= 4 is 0 Å². The Morgan fingerprint density at radius 3 is 1.94 bits per heavy atom. The van der Waals surface area contributed by atoms with Crippen molar-refractivity contribution < 1.29 is 35.8 Å². The summed E-state index contributed by atoms with van der Waals surface area (Å²) < 4.78 is 79.1. The fraction of sp³-hybridized carbons (Fsp3) is 0.200. The zero-order chi connectivity index (χ0) is 14.0. The maximum Gasteiger partial charge on any atom is 0.573 e. The largest absolute Gasteiger partial charge is 0.573 e. The van der Waals surface area contributed by atoms with Crippen molar-refractivity contribution in [3.8, 4) is 11.5 Å². The predicted molar refractivity (Wildman–Crippen MR) is 47.8 cm³/mol. The summed E-state index contributed by atoms with van der Waals surface area (Å²) in [6, 6.07) is 2.80. The van der Waals surface area contributed by atoms with E-state index in [0.29, 0.717) is 6.07 Å². The van der Waals surface area contributed by atoms with Crippen molar-refractivity contribution in [3.05, 3.63) is 36.4 Å². The van der Waals surface area contributed by atoms with Crippen LogP contribution in [0.15, 0.2) is 24.8 Å². The summed E-state index contributed by atoms with van der Waals surface area (Å²) in [5.74, 6) is -2.26. The molecule has 1 aromatic carbocycles. The second-order valence-electron chi connectivity index (χ2n) is 2.91. The van der Waals surface area contributed by atoms with Gasteiger partial charge in [0.15, 0.2) is 11.5 Å². The average Bonchev–Trinajstić information content (AvgIpc) is 2.16. The quantitative estimate of drug-likeness (QED) is 0.778. The predicted octanol–water partition coefficient (Wildman–Crippen LogP) is 3.82. The van der Waals surface area contributed by atoms with E-state index in [9.17, 15) is 26.3 Å². The number of hydrogen-bond donors (Lipinski definition) is 0. The highest BCUT2D eigenvalue weighted by atomic mass is 19.4. The smallest absolute Gasteiger partial charge is 0.402 e. The van der Waals surface area contributed by atoms with Crippen LogP contribution in [0.1, 0.15) is 5.56 Å². The molecular formula is C10H5F6O2. The van der Waals surface area contributed by atoms with Crippen molar-refractivity contribution in [3.63, 3.8) is 0 Å². The third-order valence-electron chi connectivity index (χ3n) is 1.61. The molecule has 18 heavy (non-hydrogen) atoms. The Morgan fingerprint density at radius 1 is 0.944 bits per heavy atom. The van der Waals surface area contributed by atoms with Crippen molar-refractivity contribution in [2.45, 2.75) is 12.7 Å². The van der Waals surface area contributed by atoms with Crippen LogP contribution in [0.2, 0.25) is 0 Å². The van der Waals surface area contributed by atoms with Crippen LogP contribution < -0.4 is 9.47 Å². The molecule has 99 valence electrons. The summed E-state index contributed by atoms with van der Waals surface area (Å²) in [5.41, 5.74) is -0.394. The van der Waals surface area contributed by atoms with Gasteiger partial charge in [-0.2, -0.15) is 0 Å². The number of para-hydroxylation sites is 1. The molecule has 1 rings (SSSR count). The molecule has 0 aliphatic carbocycles. The van der Waals surface area contributed by atoms with Gasteiger partial charge >= 0.3 is 12.7 Å². The van der Waals surface area contributed by atoms with Gasteiger partial charge in [0.2, 0.25) is 0 Å². The van der Waals surface area contributed by atoms with Crippen LogP contribution in [0.25, 0.3) is 0 Å². The van der Waals surface area contributed by atoms with Crippen LogP contribution in [0.3, 0.4) is 0 Å². The average molecular weight is 271 g/mol. The SMILES string of the molecule is C=[C]c1cccc(OC(F)(F)F)c1OC(F)(F)F. The Bertz CT molecular complexity index is 435. The standard InChI is InChI=1S/C10H5F6O2/c1-2-6-4-3-5-7(17-9(11,12)13)8(6)18-10(14,15)16/h3-5H,1H2. The molecule has 0 aliphatic rings. The molecule has 0 fully saturated rings. The molecular weight excluding hydrogens is 266 g/mol. The van der Waals surface area contributed by atoms with Crippen LogP contribution >= 0.6 is 0 Å². The van der Waals surface area contributed by atoms with Crippen molar-refractivity contribution in [2.75, 3.05) is 0 Å². The van der Waals surface area contributed by atoms with Crippen molar-refractivity contribution in [1.29, 1.82) is 0 Å². The van der Waals surface area contributed by atoms with Crippen molar-refractivity contribution in [2.24, 2.45) is 0 Å². The van der Waals surface area contributed by atoms with Gasteiger partial charge in [0.1, 0.15) is 0 Å². The van der Waals surface area contributed by atoms with Gasteiger partial charge in [0.05, 0.1) is 0 Å². The van der Waals surface area contributed by atoms with Crippen LogP contribution in [-0.4, -0.2) is 12.7 Å². The van der Waals surface area contributed by atoms with Crippen LogP contribution in [-0.2, 0) is 0 Å². The van der Waals surface area contributed by atoms with E-state index in [0.717, 1.165) is 12.1 Å².